The molecule has 0 fully saturated rings. The van der Waals surface area contributed by atoms with Crippen LogP contribution in [-0.4, -0.2) is 17.1 Å². The summed E-state index contributed by atoms with van der Waals surface area (Å²) in [5, 5.41) is 3.11. The summed E-state index contributed by atoms with van der Waals surface area (Å²) >= 11 is 3.36. The van der Waals surface area contributed by atoms with Crippen LogP contribution in [0.4, 0.5) is 15.9 Å². The van der Waals surface area contributed by atoms with Crippen molar-refractivity contribution < 1.29 is 9.13 Å². The van der Waals surface area contributed by atoms with E-state index in [1.165, 1.54) is 13.2 Å². The Morgan fingerprint density at radius 1 is 1.25 bits per heavy atom. The highest BCUT2D eigenvalue weighted by molar-refractivity contribution is 9.10. The molecule has 0 atom stereocenters. The van der Waals surface area contributed by atoms with Crippen LogP contribution >= 0.6 is 15.9 Å². The fourth-order valence-corrected chi connectivity index (χ4v) is 2.04. The molecule has 1 N–H and O–H groups in total. The van der Waals surface area contributed by atoms with E-state index in [1.54, 1.807) is 18.2 Å². The molecule has 6 heteroatoms. The Kier molecular flexibility index (Phi) is 4.54. The average molecular weight is 340 g/mol. The Morgan fingerprint density at radius 3 is 2.65 bits per heavy atom. The lowest BCUT2D eigenvalue weighted by molar-refractivity contribution is 0.387. The molecule has 106 valence electrons. The third kappa shape index (κ3) is 3.45. The minimum atomic E-state index is -0.398. The van der Waals surface area contributed by atoms with E-state index in [1.807, 2.05) is 13.8 Å². The number of anilines is 2. The van der Waals surface area contributed by atoms with Crippen molar-refractivity contribution in [3.05, 3.63) is 40.5 Å². The van der Waals surface area contributed by atoms with Crippen LogP contribution in [0.15, 0.2) is 28.9 Å². The summed E-state index contributed by atoms with van der Waals surface area (Å²) in [6.45, 7) is 4.04. The van der Waals surface area contributed by atoms with Crippen LogP contribution in [0.5, 0.6) is 5.75 Å². The lowest BCUT2D eigenvalue weighted by Gasteiger charge is -2.11. The summed E-state index contributed by atoms with van der Waals surface area (Å²) in [5.74, 6) is 1.38. The van der Waals surface area contributed by atoms with Crippen molar-refractivity contribution >= 4 is 27.4 Å². The number of aromatic nitrogens is 2. The summed E-state index contributed by atoms with van der Waals surface area (Å²) in [5.41, 5.74) is 0.698. The van der Waals surface area contributed by atoms with Crippen molar-refractivity contribution in [2.45, 2.75) is 19.8 Å². The molecule has 0 saturated heterocycles. The molecule has 0 bridgehead atoms. The largest absolute Gasteiger partial charge is 0.494 e. The van der Waals surface area contributed by atoms with Crippen LogP contribution in [-0.2, 0) is 0 Å². The molecule has 1 aromatic carbocycles. The topological polar surface area (TPSA) is 47.0 Å². The van der Waals surface area contributed by atoms with E-state index in [0.717, 1.165) is 5.82 Å². The van der Waals surface area contributed by atoms with Crippen molar-refractivity contribution in [1.82, 2.24) is 9.97 Å². The number of methoxy groups -OCH3 is 1. The van der Waals surface area contributed by atoms with Crippen molar-refractivity contribution in [1.29, 1.82) is 0 Å². The van der Waals surface area contributed by atoms with E-state index >= 15 is 0 Å². The van der Waals surface area contributed by atoms with Gasteiger partial charge in [0.2, 0.25) is 0 Å². The highest BCUT2D eigenvalue weighted by atomic mass is 79.9. The molecule has 0 aliphatic carbocycles. The van der Waals surface area contributed by atoms with Crippen LogP contribution in [0.2, 0.25) is 0 Å². The summed E-state index contributed by atoms with van der Waals surface area (Å²) in [7, 11) is 1.43. The van der Waals surface area contributed by atoms with Gasteiger partial charge in [0.05, 0.1) is 7.11 Å². The SMILES string of the molecule is COc1cc(Nc2cc(Br)nc(C(C)C)n2)ccc1F. The van der Waals surface area contributed by atoms with Crippen LogP contribution in [0.3, 0.4) is 0 Å². The maximum absolute atomic E-state index is 13.4. The lowest BCUT2D eigenvalue weighted by Crippen LogP contribution is -2.02. The molecular formula is C14H15BrFN3O. The second-order valence-corrected chi connectivity index (χ2v) is 5.38. The van der Waals surface area contributed by atoms with Gasteiger partial charge in [0.25, 0.3) is 0 Å². The zero-order valence-electron chi connectivity index (χ0n) is 11.4. The maximum Gasteiger partial charge on any atom is 0.165 e. The van der Waals surface area contributed by atoms with Gasteiger partial charge >= 0.3 is 0 Å². The smallest absolute Gasteiger partial charge is 0.165 e. The Balaban J connectivity index is 2.30. The number of ether oxygens (including phenoxy) is 1. The molecule has 0 unspecified atom stereocenters. The summed E-state index contributed by atoms with van der Waals surface area (Å²) in [6, 6.07) is 6.33. The number of benzene rings is 1. The minimum Gasteiger partial charge on any atom is -0.494 e. The monoisotopic (exact) mass is 339 g/mol. The van der Waals surface area contributed by atoms with Crippen molar-refractivity contribution in [2.24, 2.45) is 0 Å². The highest BCUT2D eigenvalue weighted by Gasteiger charge is 2.08. The summed E-state index contributed by atoms with van der Waals surface area (Å²) in [6.07, 6.45) is 0. The Morgan fingerprint density at radius 2 is 2.00 bits per heavy atom. The van der Waals surface area contributed by atoms with Gasteiger partial charge in [0, 0.05) is 23.7 Å². The average Bonchev–Trinajstić information content (AvgIpc) is 2.40. The molecule has 4 nitrogen and oxygen atoms in total. The van der Waals surface area contributed by atoms with Gasteiger partial charge in [0.15, 0.2) is 11.6 Å². The molecule has 1 heterocycles. The van der Waals surface area contributed by atoms with Crippen molar-refractivity contribution in [3.8, 4) is 5.75 Å². The molecule has 0 saturated carbocycles. The number of nitrogens with zero attached hydrogens (tertiary/aromatic N) is 2. The van der Waals surface area contributed by atoms with Crippen molar-refractivity contribution in [3.63, 3.8) is 0 Å². The first-order chi connectivity index (χ1) is 9.49. The van der Waals surface area contributed by atoms with Gasteiger partial charge in [-0.25, -0.2) is 14.4 Å². The second-order valence-electron chi connectivity index (χ2n) is 4.56. The van der Waals surface area contributed by atoms with E-state index in [-0.39, 0.29) is 11.7 Å². The van der Waals surface area contributed by atoms with E-state index < -0.39 is 5.82 Å². The Bertz CT molecular complexity index is 619. The van der Waals surface area contributed by atoms with Crippen LogP contribution in [0.1, 0.15) is 25.6 Å². The van der Waals surface area contributed by atoms with Gasteiger partial charge in [-0.3, -0.25) is 0 Å². The first-order valence-corrected chi connectivity index (χ1v) is 6.94. The predicted octanol–water partition coefficient (Wildman–Crippen LogP) is 4.25. The van der Waals surface area contributed by atoms with E-state index in [2.05, 4.69) is 31.2 Å². The van der Waals surface area contributed by atoms with E-state index in [4.69, 9.17) is 4.74 Å². The molecule has 2 rings (SSSR count). The predicted molar refractivity (Wildman–Crippen MR) is 80.1 cm³/mol. The first-order valence-electron chi connectivity index (χ1n) is 6.14. The third-order valence-corrected chi connectivity index (χ3v) is 3.06. The zero-order chi connectivity index (χ0) is 14.7. The Hall–Kier alpha value is -1.69. The molecular weight excluding hydrogens is 325 g/mol. The molecule has 0 aliphatic rings. The van der Waals surface area contributed by atoms with Gasteiger partial charge in [-0.2, -0.15) is 0 Å². The maximum atomic E-state index is 13.4. The fraction of sp³-hybridized carbons (Fsp3) is 0.286. The molecule has 0 spiro atoms. The molecule has 0 radical (unpaired) electrons. The second kappa shape index (κ2) is 6.17. The number of rotatable bonds is 4. The van der Waals surface area contributed by atoms with Gasteiger partial charge in [-0.1, -0.05) is 13.8 Å². The summed E-state index contributed by atoms with van der Waals surface area (Å²) in [4.78, 5) is 8.72. The number of hydrogen-bond acceptors (Lipinski definition) is 4. The zero-order valence-corrected chi connectivity index (χ0v) is 13.0. The van der Waals surface area contributed by atoms with Gasteiger partial charge in [-0.15, -0.1) is 0 Å². The van der Waals surface area contributed by atoms with Crippen molar-refractivity contribution in [2.75, 3.05) is 12.4 Å². The molecule has 1 aromatic heterocycles. The number of nitrogens with one attached hydrogen (secondary N) is 1. The Labute approximate surface area is 125 Å². The van der Waals surface area contributed by atoms with E-state index in [0.29, 0.717) is 16.1 Å². The van der Waals surface area contributed by atoms with Crippen LogP contribution in [0.25, 0.3) is 0 Å². The summed E-state index contributed by atoms with van der Waals surface area (Å²) < 4.78 is 19.0. The molecule has 2 aromatic rings. The number of hydrogen-bond donors (Lipinski definition) is 1. The molecule has 0 amide bonds. The highest BCUT2D eigenvalue weighted by Crippen LogP contribution is 2.25. The van der Waals surface area contributed by atoms with Crippen LogP contribution < -0.4 is 10.1 Å². The van der Waals surface area contributed by atoms with Gasteiger partial charge < -0.3 is 10.1 Å². The van der Waals surface area contributed by atoms with Gasteiger partial charge in [-0.05, 0) is 28.1 Å². The molecule has 0 aliphatic heterocycles. The number of halogens is 2. The van der Waals surface area contributed by atoms with Crippen LogP contribution in [0, 0.1) is 5.82 Å². The molecule has 20 heavy (non-hydrogen) atoms. The fourth-order valence-electron chi connectivity index (χ4n) is 1.64. The standard InChI is InChI=1S/C14H15BrFN3O/c1-8(2)14-18-12(15)7-13(19-14)17-9-4-5-10(16)11(6-9)20-3/h4-8H,1-3H3,(H,17,18,19). The first kappa shape index (κ1) is 14.7. The third-order valence-electron chi connectivity index (χ3n) is 2.65. The normalized spacial score (nSPS) is 10.7. The quantitative estimate of drug-likeness (QED) is 0.845. The lowest BCUT2D eigenvalue weighted by atomic mass is 10.2. The van der Waals surface area contributed by atoms with E-state index in [9.17, 15) is 4.39 Å². The van der Waals surface area contributed by atoms with Gasteiger partial charge in [0.1, 0.15) is 16.2 Å². The minimum absolute atomic E-state index is 0.187.